The molecule has 0 radical (unpaired) electrons. The smallest absolute Gasteiger partial charge is 0.274 e. The quantitative estimate of drug-likeness (QED) is 0.684. The topological polar surface area (TPSA) is 79.0 Å². The van der Waals surface area contributed by atoms with Crippen LogP contribution in [0.25, 0.3) is 0 Å². The summed E-state index contributed by atoms with van der Waals surface area (Å²) in [6.07, 6.45) is 0. The molecule has 100 valence electrons. The molecule has 0 aromatic heterocycles. The summed E-state index contributed by atoms with van der Waals surface area (Å²) < 4.78 is 13.3. The Balaban J connectivity index is 2.40. The molecular weight excluding hydrogens is 285 g/mol. The van der Waals surface area contributed by atoms with Gasteiger partial charge in [0.05, 0.1) is 33.3 Å². The molecular formula is C13H7ClFN3O2. The number of halogens is 2. The highest BCUT2D eigenvalue weighted by atomic mass is 35.5. The zero-order chi connectivity index (χ0) is 14.7. The summed E-state index contributed by atoms with van der Waals surface area (Å²) in [5.41, 5.74) is 0.530. The van der Waals surface area contributed by atoms with Crippen LogP contribution in [-0.2, 0) is 0 Å². The van der Waals surface area contributed by atoms with E-state index in [1.54, 1.807) is 0 Å². The molecule has 0 heterocycles. The summed E-state index contributed by atoms with van der Waals surface area (Å²) in [5.74, 6) is -0.741. The van der Waals surface area contributed by atoms with Gasteiger partial charge in [-0.1, -0.05) is 11.6 Å². The van der Waals surface area contributed by atoms with E-state index in [0.29, 0.717) is 16.3 Å². The van der Waals surface area contributed by atoms with Gasteiger partial charge in [-0.05, 0) is 24.3 Å². The fraction of sp³-hybridized carbons (Fsp3) is 0. The Morgan fingerprint density at radius 1 is 1.30 bits per heavy atom. The van der Waals surface area contributed by atoms with Gasteiger partial charge in [-0.15, -0.1) is 0 Å². The minimum absolute atomic E-state index is 0.175. The first-order chi connectivity index (χ1) is 9.49. The number of non-ortho nitro benzene ring substituents is 1. The number of nitrogens with zero attached hydrogens (tertiary/aromatic N) is 2. The predicted octanol–water partition coefficient (Wildman–Crippen LogP) is 4.00. The first kappa shape index (κ1) is 13.8. The Morgan fingerprint density at radius 2 is 2.05 bits per heavy atom. The van der Waals surface area contributed by atoms with Gasteiger partial charge in [0, 0.05) is 11.8 Å². The lowest BCUT2D eigenvalue weighted by Gasteiger charge is -2.08. The molecule has 0 amide bonds. The van der Waals surface area contributed by atoms with Crippen molar-refractivity contribution in [1.29, 1.82) is 5.26 Å². The maximum Gasteiger partial charge on any atom is 0.274 e. The maximum atomic E-state index is 13.3. The Morgan fingerprint density at radius 3 is 2.70 bits per heavy atom. The molecule has 2 aromatic rings. The second-order valence-corrected chi connectivity index (χ2v) is 4.29. The number of anilines is 2. The molecule has 0 atom stereocenters. The predicted molar refractivity (Wildman–Crippen MR) is 72.5 cm³/mol. The number of rotatable bonds is 3. The maximum absolute atomic E-state index is 13.3. The van der Waals surface area contributed by atoms with E-state index in [0.717, 1.165) is 12.1 Å². The van der Waals surface area contributed by atoms with Gasteiger partial charge in [-0.3, -0.25) is 10.1 Å². The van der Waals surface area contributed by atoms with Crippen LogP contribution in [0.15, 0.2) is 36.4 Å². The third-order valence-corrected chi connectivity index (χ3v) is 2.80. The molecule has 0 saturated heterocycles. The summed E-state index contributed by atoms with van der Waals surface area (Å²) in [6.45, 7) is 0. The van der Waals surface area contributed by atoms with Gasteiger partial charge in [0.25, 0.3) is 5.69 Å². The van der Waals surface area contributed by atoms with Gasteiger partial charge in [0.1, 0.15) is 5.82 Å². The fourth-order valence-corrected chi connectivity index (χ4v) is 1.76. The largest absolute Gasteiger partial charge is 0.354 e. The number of nitro groups is 1. The summed E-state index contributed by atoms with van der Waals surface area (Å²) >= 11 is 5.95. The summed E-state index contributed by atoms with van der Waals surface area (Å²) in [6, 6.07) is 9.55. The van der Waals surface area contributed by atoms with Crippen molar-refractivity contribution in [3.8, 4) is 6.07 Å². The Kier molecular flexibility index (Phi) is 3.82. The van der Waals surface area contributed by atoms with Crippen LogP contribution in [0.2, 0.25) is 5.02 Å². The van der Waals surface area contributed by atoms with Crippen molar-refractivity contribution < 1.29 is 9.31 Å². The van der Waals surface area contributed by atoms with Crippen molar-refractivity contribution in [2.24, 2.45) is 0 Å². The Labute approximate surface area is 118 Å². The first-order valence-corrected chi connectivity index (χ1v) is 5.79. The van der Waals surface area contributed by atoms with Crippen LogP contribution in [0.1, 0.15) is 5.56 Å². The first-order valence-electron chi connectivity index (χ1n) is 5.41. The van der Waals surface area contributed by atoms with Gasteiger partial charge in [-0.25, -0.2) is 4.39 Å². The summed E-state index contributed by atoms with van der Waals surface area (Å²) in [4.78, 5) is 9.97. The van der Waals surface area contributed by atoms with Crippen molar-refractivity contribution in [2.75, 3.05) is 5.32 Å². The second kappa shape index (κ2) is 5.55. The number of nitriles is 1. The number of hydrogen-bond donors (Lipinski definition) is 1. The van der Waals surface area contributed by atoms with Crippen molar-refractivity contribution in [2.45, 2.75) is 0 Å². The third kappa shape index (κ3) is 3.02. The lowest BCUT2D eigenvalue weighted by Crippen LogP contribution is -1.96. The Hall–Kier alpha value is -2.65. The van der Waals surface area contributed by atoms with Crippen LogP contribution in [0.3, 0.4) is 0 Å². The van der Waals surface area contributed by atoms with E-state index < -0.39 is 10.7 Å². The van der Waals surface area contributed by atoms with E-state index in [2.05, 4.69) is 5.32 Å². The minimum Gasteiger partial charge on any atom is -0.354 e. The highest BCUT2D eigenvalue weighted by molar-refractivity contribution is 6.33. The zero-order valence-corrected chi connectivity index (χ0v) is 10.7. The zero-order valence-electron chi connectivity index (χ0n) is 9.93. The lowest BCUT2D eigenvalue weighted by atomic mass is 10.2. The molecule has 1 N–H and O–H groups in total. The molecule has 0 saturated carbocycles. The van der Waals surface area contributed by atoms with E-state index in [-0.39, 0.29) is 11.4 Å². The van der Waals surface area contributed by atoms with Crippen molar-refractivity contribution in [3.05, 3.63) is 62.9 Å². The summed E-state index contributed by atoms with van der Waals surface area (Å²) in [7, 11) is 0. The summed E-state index contributed by atoms with van der Waals surface area (Å²) in [5, 5.41) is 22.5. The second-order valence-electron chi connectivity index (χ2n) is 3.89. The highest BCUT2D eigenvalue weighted by Gasteiger charge is 2.11. The average molecular weight is 292 g/mol. The van der Waals surface area contributed by atoms with E-state index in [4.69, 9.17) is 16.9 Å². The molecule has 0 aliphatic carbocycles. The van der Waals surface area contributed by atoms with Crippen molar-refractivity contribution in [1.82, 2.24) is 0 Å². The molecule has 0 fully saturated rings. The van der Waals surface area contributed by atoms with Crippen LogP contribution in [0.4, 0.5) is 21.5 Å². The molecule has 0 bridgehead atoms. The van der Waals surface area contributed by atoms with Gasteiger partial charge >= 0.3 is 0 Å². The van der Waals surface area contributed by atoms with E-state index in [9.17, 15) is 14.5 Å². The average Bonchev–Trinajstić information content (AvgIpc) is 2.40. The third-order valence-electron chi connectivity index (χ3n) is 2.47. The van der Waals surface area contributed by atoms with Crippen LogP contribution in [-0.4, -0.2) is 4.92 Å². The molecule has 7 heteroatoms. The number of hydrogen-bond acceptors (Lipinski definition) is 4. The van der Waals surface area contributed by atoms with Crippen LogP contribution >= 0.6 is 11.6 Å². The van der Waals surface area contributed by atoms with E-state index in [1.807, 2.05) is 6.07 Å². The van der Waals surface area contributed by atoms with Gasteiger partial charge in [0.2, 0.25) is 0 Å². The van der Waals surface area contributed by atoms with Gasteiger partial charge < -0.3 is 5.32 Å². The van der Waals surface area contributed by atoms with Crippen LogP contribution in [0.5, 0.6) is 0 Å². The van der Waals surface area contributed by atoms with E-state index in [1.165, 1.54) is 24.3 Å². The van der Waals surface area contributed by atoms with Crippen LogP contribution < -0.4 is 5.32 Å². The SMILES string of the molecule is N#Cc1ccc(Cl)c(Nc2cc(F)cc([N+](=O)[O-])c2)c1. The fourth-order valence-electron chi connectivity index (χ4n) is 1.60. The molecule has 20 heavy (non-hydrogen) atoms. The van der Waals surface area contributed by atoms with Crippen LogP contribution in [0, 0.1) is 27.3 Å². The molecule has 0 aliphatic rings. The Bertz CT molecular complexity index is 728. The molecule has 2 aromatic carbocycles. The van der Waals surface area contributed by atoms with Gasteiger partial charge in [0.15, 0.2) is 0 Å². The number of benzene rings is 2. The number of nitro benzene ring substituents is 1. The normalized spacial score (nSPS) is 9.85. The molecule has 5 nitrogen and oxygen atoms in total. The van der Waals surface area contributed by atoms with Crippen molar-refractivity contribution in [3.63, 3.8) is 0 Å². The minimum atomic E-state index is -0.741. The monoisotopic (exact) mass is 291 g/mol. The van der Waals surface area contributed by atoms with E-state index >= 15 is 0 Å². The van der Waals surface area contributed by atoms with Gasteiger partial charge in [-0.2, -0.15) is 5.26 Å². The highest BCUT2D eigenvalue weighted by Crippen LogP contribution is 2.28. The number of nitrogens with one attached hydrogen (secondary N) is 1. The lowest BCUT2D eigenvalue weighted by molar-refractivity contribution is -0.385. The standard InChI is InChI=1S/C13H7ClFN3O2/c14-12-2-1-8(7-16)3-13(12)17-10-4-9(15)5-11(6-10)18(19)20/h1-6,17H. The van der Waals surface area contributed by atoms with Crippen molar-refractivity contribution >= 4 is 28.7 Å². The molecule has 2 rings (SSSR count). The molecule has 0 unspecified atom stereocenters. The molecule has 0 spiro atoms. The molecule has 0 aliphatic heterocycles.